The number of hydrogen-bond acceptors (Lipinski definition) is 5. The van der Waals surface area contributed by atoms with E-state index in [1.807, 2.05) is 0 Å². The summed E-state index contributed by atoms with van der Waals surface area (Å²) in [5.74, 6) is 0. The van der Waals surface area contributed by atoms with Gasteiger partial charge in [-0.2, -0.15) is 0 Å². The topological polar surface area (TPSA) is 51.0 Å². The molecular weight excluding hydrogens is 362 g/mol. The van der Waals surface area contributed by atoms with Crippen molar-refractivity contribution in [3.63, 3.8) is 0 Å². The normalized spacial score (nSPS) is 26.9. The van der Waals surface area contributed by atoms with Crippen molar-refractivity contribution in [2.24, 2.45) is 5.73 Å². The highest BCUT2D eigenvalue weighted by Crippen LogP contribution is 2.20. The first-order valence-corrected chi connectivity index (χ1v) is 10.8. The van der Waals surface area contributed by atoms with Gasteiger partial charge in [0, 0.05) is 58.3 Å². The predicted molar refractivity (Wildman–Crippen MR) is 115 cm³/mol. The standard InChI is InChI=1S/C24H33N3O2/c25-22-18-26(16-20-8-3-1-4-9-20)13-14-27(17-21-10-5-2-6-11-21)19-23(22)29-24-12-7-15-28-24/h1-6,8-11,22-24H,7,12-19,25H2/t22-,23+,24?/m0/s1. The number of hydrogen-bond donors (Lipinski definition) is 1. The highest BCUT2D eigenvalue weighted by atomic mass is 16.7. The van der Waals surface area contributed by atoms with Crippen LogP contribution in [0.15, 0.2) is 60.7 Å². The van der Waals surface area contributed by atoms with Crippen LogP contribution >= 0.6 is 0 Å². The Balaban J connectivity index is 1.46. The molecule has 0 aliphatic carbocycles. The molecule has 3 atom stereocenters. The number of benzene rings is 2. The molecule has 2 aromatic carbocycles. The largest absolute Gasteiger partial charge is 0.353 e. The van der Waals surface area contributed by atoms with Crippen LogP contribution in [-0.2, 0) is 22.6 Å². The number of nitrogens with two attached hydrogens (primary N) is 1. The van der Waals surface area contributed by atoms with Crippen LogP contribution in [0.1, 0.15) is 24.0 Å². The lowest BCUT2D eigenvalue weighted by atomic mass is 10.1. The molecule has 0 aromatic heterocycles. The van der Waals surface area contributed by atoms with Crippen LogP contribution in [-0.4, -0.2) is 61.0 Å². The molecule has 2 aliphatic heterocycles. The van der Waals surface area contributed by atoms with Gasteiger partial charge in [-0.15, -0.1) is 0 Å². The van der Waals surface area contributed by atoms with E-state index in [-0.39, 0.29) is 18.4 Å². The Morgan fingerprint density at radius 1 is 0.862 bits per heavy atom. The Kier molecular flexibility index (Phi) is 7.30. The smallest absolute Gasteiger partial charge is 0.158 e. The summed E-state index contributed by atoms with van der Waals surface area (Å²) in [6, 6.07) is 21.3. The van der Waals surface area contributed by atoms with E-state index in [1.54, 1.807) is 0 Å². The second kappa shape index (κ2) is 10.3. The SMILES string of the molecule is N[C@H]1CN(Cc2ccccc2)CCN(Cc2ccccc2)C[C@H]1OC1CCCO1. The lowest BCUT2D eigenvalue weighted by molar-refractivity contribution is -0.158. The Morgan fingerprint density at radius 3 is 2.00 bits per heavy atom. The Morgan fingerprint density at radius 2 is 1.45 bits per heavy atom. The minimum Gasteiger partial charge on any atom is -0.353 e. The third kappa shape index (κ3) is 6.11. The van der Waals surface area contributed by atoms with Gasteiger partial charge in [0.25, 0.3) is 0 Å². The molecule has 0 radical (unpaired) electrons. The maximum Gasteiger partial charge on any atom is 0.158 e. The van der Waals surface area contributed by atoms with Crippen LogP contribution < -0.4 is 5.73 Å². The number of nitrogens with zero attached hydrogens (tertiary/aromatic N) is 2. The van der Waals surface area contributed by atoms with E-state index in [1.165, 1.54) is 11.1 Å². The molecule has 2 heterocycles. The van der Waals surface area contributed by atoms with E-state index in [2.05, 4.69) is 70.5 Å². The van der Waals surface area contributed by atoms with E-state index < -0.39 is 0 Å². The zero-order valence-electron chi connectivity index (χ0n) is 17.2. The molecule has 0 spiro atoms. The highest BCUT2D eigenvalue weighted by molar-refractivity contribution is 5.15. The van der Waals surface area contributed by atoms with Crippen LogP contribution in [0.4, 0.5) is 0 Å². The lowest BCUT2D eigenvalue weighted by Crippen LogP contribution is -2.55. The van der Waals surface area contributed by atoms with Crippen LogP contribution in [0.3, 0.4) is 0 Å². The van der Waals surface area contributed by atoms with Gasteiger partial charge in [0.15, 0.2) is 6.29 Å². The molecule has 0 amide bonds. The summed E-state index contributed by atoms with van der Waals surface area (Å²) >= 11 is 0. The third-order valence-electron chi connectivity index (χ3n) is 5.83. The fourth-order valence-electron chi connectivity index (χ4n) is 4.24. The van der Waals surface area contributed by atoms with Crippen LogP contribution in [0, 0.1) is 0 Å². The maximum absolute atomic E-state index is 6.68. The third-order valence-corrected chi connectivity index (χ3v) is 5.83. The Bertz CT molecular complexity index is 721. The van der Waals surface area contributed by atoms with Crippen molar-refractivity contribution in [1.82, 2.24) is 9.80 Å². The van der Waals surface area contributed by atoms with E-state index in [9.17, 15) is 0 Å². The monoisotopic (exact) mass is 395 g/mol. The lowest BCUT2D eigenvalue weighted by Gasteiger charge is -2.38. The van der Waals surface area contributed by atoms with Crippen molar-refractivity contribution in [1.29, 1.82) is 0 Å². The molecule has 4 rings (SSSR count). The van der Waals surface area contributed by atoms with Gasteiger partial charge in [0.1, 0.15) is 0 Å². The molecule has 5 heteroatoms. The number of rotatable bonds is 6. The summed E-state index contributed by atoms with van der Waals surface area (Å²) in [6.07, 6.45) is 1.91. The first kappa shape index (κ1) is 20.5. The van der Waals surface area contributed by atoms with Crippen molar-refractivity contribution in [2.45, 2.75) is 44.4 Å². The Labute approximate surface area is 174 Å². The van der Waals surface area contributed by atoms with E-state index in [0.717, 1.165) is 58.7 Å². The van der Waals surface area contributed by atoms with Gasteiger partial charge in [-0.25, -0.2) is 0 Å². The fraction of sp³-hybridized carbons (Fsp3) is 0.500. The Hall–Kier alpha value is -1.76. The summed E-state index contributed by atoms with van der Waals surface area (Å²) in [5.41, 5.74) is 9.33. The zero-order valence-corrected chi connectivity index (χ0v) is 17.2. The van der Waals surface area contributed by atoms with Crippen molar-refractivity contribution >= 4 is 0 Å². The summed E-state index contributed by atoms with van der Waals surface area (Å²) < 4.78 is 12.1. The van der Waals surface area contributed by atoms with Crippen molar-refractivity contribution in [2.75, 3.05) is 32.8 Å². The summed E-state index contributed by atoms with van der Waals surface area (Å²) in [5, 5.41) is 0. The minimum absolute atomic E-state index is 0.0274. The fourth-order valence-corrected chi connectivity index (χ4v) is 4.24. The molecule has 2 fully saturated rings. The summed E-state index contributed by atoms with van der Waals surface area (Å²) in [4.78, 5) is 4.94. The summed E-state index contributed by atoms with van der Waals surface area (Å²) in [6.45, 7) is 6.31. The second-order valence-electron chi connectivity index (χ2n) is 8.22. The molecule has 29 heavy (non-hydrogen) atoms. The first-order valence-electron chi connectivity index (χ1n) is 10.8. The molecule has 2 aliphatic rings. The predicted octanol–water partition coefficient (Wildman–Crippen LogP) is 2.85. The summed E-state index contributed by atoms with van der Waals surface area (Å²) in [7, 11) is 0. The molecule has 5 nitrogen and oxygen atoms in total. The first-order chi connectivity index (χ1) is 14.3. The van der Waals surface area contributed by atoms with Crippen LogP contribution in [0.5, 0.6) is 0 Å². The van der Waals surface area contributed by atoms with Crippen LogP contribution in [0.25, 0.3) is 0 Å². The van der Waals surface area contributed by atoms with Gasteiger partial charge >= 0.3 is 0 Å². The van der Waals surface area contributed by atoms with Gasteiger partial charge in [0.2, 0.25) is 0 Å². The van der Waals surface area contributed by atoms with E-state index in [4.69, 9.17) is 15.2 Å². The molecule has 2 saturated heterocycles. The van der Waals surface area contributed by atoms with Gasteiger partial charge in [-0.05, 0) is 17.5 Å². The maximum atomic E-state index is 6.68. The molecule has 1 unspecified atom stereocenters. The molecule has 2 aromatic rings. The molecular formula is C24H33N3O2. The van der Waals surface area contributed by atoms with Gasteiger partial charge in [0.05, 0.1) is 6.10 Å². The van der Waals surface area contributed by atoms with Crippen molar-refractivity contribution in [3.8, 4) is 0 Å². The van der Waals surface area contributed by atoms with Gasteiger partial charge in [-0.1, -0.05) is 60.7 Å². The zero-order chi connectivity index (χ0) is 19.9. The average molecular weight is 396 g/mol. The second-order valence-corrected chi connectivity index (χ2v) is 8.22. The molecule has 0 saturated carbocycles. The van der Waals surface area contributed by atoms with E-state index in [0.29, 0.717) is 0 Å². The number of ether oxygens (including phenoxy) is 2. The molecule has 0 bridgehead atoms. The van der Waals surface area contributed by atoms with E-state index >= 15 is 0 Å². The van der Waals surface area contributed by atoms with Crippen molar-refractivity contribution < 1.29 is 9.47 Å². The van der Waals surface area contributed by atoms with Crippen molar-refractivity contribution in [3.05, 3.63) is 71.8 Å². The molecule has 156 valence electrons. The highest BCUT2D eigenvalue weighted by Gasteiger charge is 2.30. The van der Waals surface area contributed by atoms with Gasteiger partial charge in [-0.3, -0.25) is 9.80 Å². The van der Waals surface area contributed by atoms with Crippen LogP contribution in [0.2, 0.25) is 0 Å². The average Bonchev–Trinajstić information content (AvgIpc) is 3.25. The minimum atomic E-state index is -0.105. The van der Waals surface area contributed by atoms with Gasteiger partial charge < -0.3 is 15.2 Å². The quantitative estimate of drug-likeness (QED) is 0.815. The molecule has 2 N–H and O–H groups in total.